The summed E-state index contributed by atoms with van der Waals surface area (Å²) in [5.74, 6) is 0.842. The van der Waals surface area contributed by atoms with Crippen LogP contribution in [0.4, 0.5) is 5.82 Å². The Morgan fingerprint density at radius 1 is 1.33 bits per heavy atom. The molecule has 0 fully saturated rings. The Morgan fingerprint density at radius 3 is 2.93 bits per heavy atom. The lowest BCUT2D eigenvalue weighted by atomic mass is 10.2. The maximum Gasteiger partial charge on any atom is 0.131 e. The highest BCUT2D eigenvalue weighted by molar-refractivity contribution is 6.29. The molecule has 84 valence electrons. The number of nitrogens with zero attached hydrogens (tertiary/aromatic N) is 1. The van der Waals surface area contributed by atoms with E-state index in [-0.39, 0.29) is 0 Å². The van der Waals surface area contributed by atoms with Crippen LogP contribution >= 0.6 is 11.6 Å². The summed E-state index contributed by atoms with van der Waals surface area (Å²) >= 11 is 5.76. The molecule has 1 N–H and O–H groups in total. The molecule has 0 aliphatic heterocycles. The number of unbranched alkanes of at least 4 members (excludes halogenated alkanes) is 2. The molecule has 0 unspecified atom stereocenters. The molecule has 0 aliphatic rings. The van der Waals surface area contributed by atoms with Gasteiger partial charge in [-0.25, -0.2) is 4.98 Å². The van der Waals surface area contributed by atoms with E-state index in [2.05, 4.69) is 10.3 Å². The molecule has 1 rings (SSSR count). The fraction of sp³-hybridized carbons (Fsp3) is 0.545. The van der Waals surface area contributed by atoms with Crippen molar-refractivity contribution in [3.05, 3.63) is 23.4 Å². The number of halogens is 1. The largest absolute Gasteiger partial charge is 0.385 e. The van der Waals surface area contributed by atoms with Crippen molar-refractivity contribution in [1.29, 1.82) is 0 Å². The third-order valence-electron chi connectivity index (χ3n) is 2.05. The maximum absolute atomic E-state index is 5.76. The number of hydrogen-bond donors (Lipinski definition) is 1. The molecule has 0 aliphatic carbocycles. The van der Waals surface area contributed by atoms with Gasteiger partial charge in [0.2, 0.25) is 0 Å². The molecule has 0 saturated carbocycles. The highest BCUT2D eigenvalue weighted by atomic mass is 35.5. The summed E-state index contributed by atoms with van der Waals surface area (Å²) in [6.45, 7) is 1.77. The molecular weight excluding hydrogens is 212 g/mol. The molecule has 0 spiro atoms. The monoisotopic (exact) mass is 228 g/mol. The molecule has 1 heterocycles. The van der Waals surface area contributed by atoms with E-state index in [9.17, 15) is 0 Å². The van der Waals surface area contributed by atoms with Gasteiger partial charge in [0.25, 0.3) is 0 Å². The van der Waals surface area contributed by atoms with Crippen LogP contribution in [0.3, 0.4) is 0 Å². The summed E-state index contributed by atoms with van der Waals surface area (Å²) in [6.07, 6.45) is 3.40. The number of aromatic nitrogens is 1. The van der Waals surface area contributed by atoms with Crippen molar-refractivity contribution < 1.29 is 4.74 Å². The van der Waals surface area contributed by atoms with Gasteiger partial charge in [-0.3, -0.25) is 0 Å². The molecule has 0 radical (unpaired) electrons. The Bertz CT molecular complexity index is 281. The van der Waals surface area contributed by atoms with Gasteiger partial charge < -0.3 is 10.1 Å². The van der Waals surface area contributed by atoms with Crippen LogP contribution in [0.25, 0.3) is 0 Å². The van der Waals surface area contributed by atoms with E-state index < -0.39 is 0 Å². The number of anilines is 1. The van der Waals surface area contributed by atoms with Crippen molar-refractivity contribution in [2.24, 2.45) is 0 Å². The zero-order valence-electron chi connectivity index (χ0n) is 9.00. The number of ether oxygens (including phenoxy) is 1. The first-order chi connectivity index (χ1) is 7.33. The van der Waals surface area contributed by atoms with Crippen molar-refractivity contribution in [3.8, 4) is 0 Å². The molecule has 15 heavy (non-hydrogen) atoms. The Hall–Kier alpha value is -0.800. The molecule has 0 aromatic carbocycles. The molecule has 0 atom stereocenters. The average Bonchev–Trinajstić information content (AvgIpc) is 2.23. The molecule has 0 bridgehead atoms. The standard InChI is InChI=1S/C11H17ClN2O/c1-15-9-4-2-3-8-13-11-7-5-6-10(12)14-11/h5-7H,2-4,8-9H2,1H3,(H,13,14). The highest BCUT2D eigenvalue weighted by Gasteiger charge is 1.94. The minimum absolute atomic E-state index is 0.527. The van der Waals surface area contributed by atoms with Crippen LogP contribution in [-0.4, -0.2) is 25.2 Å². The fourth-order valence-corrected chi connectivity index (χ4v) is 1.44. The summed E-state index contributed by atoms with van der Waals surface area (Å²) in [4.78, 5) is 4.14. The van der Waals surface area contributed by atoms with Crippen LogP contribution in [0.5, 0.6) is 0 Å². The van der Waals surface area contributed by atoms with Gasteiger partial charge in [-0.05, 0) is 31.4 Å². The Kier molecular flexibility index (Phi) is 6.12. The zero-order valence-corrected chi connectivity index (χ0v) is 9.76. The quantitative estimate of drug-likeness (QED) is 0.576. The Labute approximate surface area is 95.8 Å². The summed E-state index contributed by atoms with van der Waals surface area (Å²) < 4.78 is 4.97. The van der Waals surface area contributed by atoms with Crippen molar-refractivity contribution in [2.75, 3.05) is 25.6 Å². The van der Waals surface area contributed by atoms with Gasteiger partial charge in [-0.2, -0.15) is 0 Å². The van der Waals surface area contributed by atoms with E-state index in [0.717, 1.165) is 31.8 Å². The topological polar surface area (TPSA) is 34.1 Å². The highest BCUT2D eigenvalue weighted by Crippen LogP contribution is 2.09. The van der Waals surface area contributed by atoms with E-state index in [4.69, 9.17) is 16.3 Å². The van der Waals surface area contributed by atoms with Crippen molar-refractivity contribution in [3.63, 3.8) is 0 Å². The average molecular weight is 229 g/mol. The number of hydrogen-bond acceptors (Lipinski definition) is 3. The second kappa shape index (κ2) is 7.49. The smallest absolute Gasteiger partial charge is 0.131 e. The van der Waals surface area contributed by atoms with Crippen molar-refractivity contribution in [2.45, 2.75) is 19.3 Å². The normalized spacial score (nSPS) is 10.3. The summed E-state index contributed by atoms with van der Waals surface area (Å²) in [7, 11) is 1.73. The fourth-order valence-electron chi connectivity index (χ4n) is 1.27. The van der Waals surface area contributed by atoms with Crippen LogP contribution in [0.1, 0.15) is 19.3 Å². The maximum atomic E-state index is 5.76. The van der Waals surface area contributed by atoms with E-state index in [1.54, 1.807) is 13.2 Å². The van der Waals surface area contributed by atoms with Crippen molar-refractivity contribution >= 4 is 17.4 Å². The van der Waals surface area contributed by atoms with Gasteiger partial charge in [0.15, 0.2) is 0 Å². The SMILES string of the molecule is COCCCCCNc1cccc(Cl)n1. The van der Waals surface area contributed by atoms with Gasteiger partial charge >= 0.3 is 0 Å². The van der Waals surface area contributed by atoms with Gasteiger partial charge in [0.05, 0.1) is 0 Å². The first kappa shape index (κ1) is 12.3. The first-order valence-corrected chi connectivity index (χ1v) is 5.56. The third kappa shape index (κ3) is 5.60. The van der Waals surface area contributed by atoms with Gasteiger partial charge in [0, 0.05) is 20.3 Å². The third-order valence-corrected chi connectivity index (χ3v) is 2.26. The molecule has 3 nitrogen and oxygen atoms in total. The lowest BCUT2D eigenvalue weighted by Crippen LogP contribution is -2.03. The second-order valence-corrected chi connectivity index (χ2v) is 3.71. The lowest BCUT2D eigenvalue weighted by molar-refractivity contribution is 0.192. The number of methoxy groups -OCH3 is 1. The van der Waals surface area contributed by atoms with Crippen LogP contribution < -0.4 is 5.32 Å². The molecular formula is C11H17ClN2O. The number of rotatable bonds is 7. The van der Waals surface area contributed by atoms with E-state index in [0.29, 0.717) is 5.15 Å². The Morgan fingerprint density at radius 2 is 2.20 bits per heavy atom. The number of nitrogens with one attached hydrogen (secondary N) is 1. The Balaban J connectivity index is 2.10. The summed E-state index contributed by atoms with van der Waals surface area (Å²) in [5, 5.41) is 3.75. The van der Waals surface area contributed by atoms with Gasteiger partial charge in [-0.15, -0.1) is 0 Å². The van der Waals surface area contributed by atoms with E-state index in [1.165, 1.54) is 6.42 Å². The minimum atomic E-state index is 0.527. The molecule has 0 amide bonds. The second-order valence-electron chi connectivity index (χ2n) is 3.33. The van der Waals surface area contributed by atoms with Crippen LogP contribution in [0.15, 0.2) is 18.2 Å². The molecule has 0 saturated heterocycles. The zero-order chi connectivity index (χ0) is 10.9. The van der Waals surface area contributed by atoms with Crippen LogP contribution in [-0.2, 0) is 4.74 Å². The molecule has 1 aromatic rings. The first-order valence-electron chi connectivity index (χ1n) is 5.18. The summed E-state index contributed by atoms with van der Waals surface area (Å²) in [5.41, 5.74) is 0. The van der Waals surface area contributed by atoms with Crippen LogP contribution in [0, 0.1) is 0 Å². The van der Waals surface area contributed by atoms with Gasteiger partial charge in [-0.1, -0.05) is 17.7 Å². The minimum Gasteiger partial charge on any atom is -0.385 e. The van der Waals surface area contributed by atoms with Gasteiger partial charge in [0.1, 0.15) is 11.0 Å². The van der Waals surface area contributed by atoms with E-state index in [1.807, 2.05) is 12.1 Å². The lowest BCUT2D eigenvalue weighted by Gasteiger charge is -2.05. The van der Waals surface area contributed by atoms with Crippen LogP contribution in [0.2, 0.25) is 5.15 Å². The number of pyridine rings is 1. The predicted octanol–water partition coefficient (Wildman–Crippen LogP) is 2.96. The predicted molar refractivity (Wildman–Crippen MR) is 63.5 cm³/mol. The summed E-state index contributed by atoms with van der Waals surface area (Å²) in [6, 6.07) is 5.58. The van der Waals surface area contributed by atoms with Crippen molar-refractivity contribution in [1.82, 2.24) is 4.98 Å². The molecule has 4 heteroatoms. The molecule has 1 aromatic heterocycles. The van der Waals surface area contributed by atoms with E-state index >= 15 is 0 Å².